The second-order valence-electron chi connectivity index (χ2n) is 3.13. The van der Waals surface area contributed by atoms with E-state index in [0.717, 1.165) is 6.07 Å². The van der Waals surface area contributed by atoms with E-state index in [1.54, 1.807) is 0 Å². The number of aliphatic hydroxyl groups excluding tert-OH is 1. The summed E-state index contributed by atoms with van der Waals surface area (Å²) in [7, 11) is 0. The van der Waals surface area contributed by atoms with Gasteiger partial charge in [-0.1, -0.05) is 6.92 Å². The summed E-state index contributed by atoms with van der Waals surface area (Å²) in [6, 6.07) is 5.79. The Morgan fingerprint density at radius 2 is 2.33 bits per heavy atom. The highest BCUT2D eigenvalue weighted by Crippen LogP contribution is 2.18. The minimum atomic E-state index is -0.597. The zero-order valence-corrected chi connectivity index (χ0v) is 8.40. The summed E-state index contributed by atoms with van der Waals surface area (Å²) in [6.07, 6.45) is -0.0437. The summed E-state index contributed by atoms with van der Waals surface area (Å²) < 4.78 is 18.3. The summed E-state index contributed by atoms with van der Waals surface area (Å²) in [4.78, 5) is 0. The molecule has 0 amide bonds. The molecule has 0 aliphatic heterocycles. The van der Waals surface area contributed by atoms with Crippen LogP contribution in [-0.2, 0) is 0 Å². The van der Waals surface area contributed by atoms with Crippen LogP contribution in [-0.4, -0.2) is 17.8 Å². The molecule has 3 nitrogen and oxygen atoms in total. The van der Waals surface area contributed by atoms with Crippen LogP contribution in [0.1, 0.15) is 18.9 Å². The zero-order chi connectivity index (χ0) is 11.3. The topological polar surface area (TPSA) is 53.2 Å². The van der Waals surface area contributed by atoms with Crippen molar-refractivity contribution < 1.29 is 14.2 Å². The maximum Gasteiger partial charge on any atom is 0.166 e. The van der Waals surface area contributed by atoms with E-state index in [9.17, 15) is 9.50 Å². The van der Waals surface area contributed by atoms with Crippen molar-refractivity contribution in [2.75, 3.05) is 6.61 Å². The summed E-state index contributed by atoms with van der Waals surface area (Å²) >= 11 is 0. The second-order valence-corrected chi connectivity index (χ2v) is 3.13. The predicted molar refractivity (Wildman–Crippen MR) is 52.9 cm³/mol. The number of hydrogen-bond acceptors (Lipinski definition) is 3. The number of benzene rings is 1. The lowest BCUT2D eigenvalue weighted by molar-refractivity contribution is 0.102. The van der Waals surface area contributed by atoms with Crippen LogP contribution in [0.4, 0.5) is 4.39 Å². The molecule has 0 radical (unpaired) electrons. The van der Waals surface area contributed by atoms with Gasteiger partial charge in [-0.25, -0.2) is 4.39 Å². The molecule has 0 aliphatic carbocycles. The lowest BCUT2D eigenvalue weighted by Gasteiger charge is -2.10. The largest absolute Gasteiger partial charge is 0.488 e. The third-order valence-electron chi connectivity index (χ3n) is 1.96. The highest BCUT2D eigenvalue weighted by Gasteiger charge is 2.07. The van der Waals surface area contributed by atoms with Gasteiger partial charge in [0.1, 0.15) is 6.61 Å². The van der Waals surface area contributed by atoms with Crippen LogP contribution in [0.15, 0.2) is 18.2 Å². The van der Waals surface area contributed by atoms with Crippen LogP contribution in [0.5, 0.6) is 5.75 Å². The van der Waals surface area contributed by atoms with Crippen molar-refractivity contribution in [3.63, 3.8) is 0 Å². The first-order valence-electron chi connectivity index (χ1n) is 4.68. The van der Waals surface area contributed by atoms with Gasteiger partial charge >= 0.3 is 0 Å². The first kappa shape index (κ1) is 11.5. The van der Waals surface area contributed by atoms with Crippen molar-refractivity contribution in [3.8, 4) is 11.8 Å². The van der Waals surface area contributed by atoms with Gasteiger partial charge < -0.3 is 9.84 Å². The molecule has 1 atom stereocenters. The third-order valence-corrected chi connectivity index (χ3v) is 1.96. The summed E-state index contributed by atoms with van der Waals surface area (Å²) in [5.74, 6) is -0.529. The predicted octanol–water partition coefficient (Wildman–Crippen LogP) is 1.85. The Kier molecular flexibility index (Phi) is 4.07. The number of aliphatic hydroxyl groups is 1. The average molecular weight is 209 g/mol. The van der Waals surface area contributed by atoms with Crippen molar-refractivity contribution in [3.05, 3.63) is 29.6 Å². The van der Waals surface area contributed by atoms with E-state index in [4.69, 9.17) is 10.00 Å². The van der Waals surface area contributed by atoms with Gasteiger partial charge in [-0.15, -0.1) is 0 Å². The first-order valence-corrected chi connectivity index (χ1v) is 4.68. The number of nitrogens with zero attached hydrogens (tertiary/aromatic N) is 1. The Labute approximate surface area is 87.7 Å². The fourth-order valence-corrected chi connectivity index (χ4v) is 0.991. The molecule has 1 unspecified atom stereocenters. The average Bonchev–Trinajstić information content (AvgIpc) is 2.26. The van der Waals surface area contributed by atoms with E-state index < -0.39 is 11.9 Å². The molecule has 4 heteroatoms. The highest BCUT2D eigenvalue weighted by atomic mass is 19.1. The van der Waals surface area contributed by atoms with Crippen molar-refractivity contribution in [2.24, 2.45) is 0 Å². The quantitative estimate of drug-likeness (QED) is 0.823. The summed E-state index contributed by atoms with van der Waals surface area (Å²) in [5, 5.41) is 17.7. The lowest BCUT2D eigenvalue weighted by atomic mass is 10.2. The Morgan fingerprint density at radius 1 is 1.60 bits per heavy atom. The van der Waals surface area contributed by atoms with E-state index in [2.05, 4.69) is 0 Å². The number of halogens is 1. The molecule has 0 bridgehead atoms. The lowest BCUT2D eigenvalue weighted by Crippen LogP contribution is -2.16. The maximum atomic E-state index is 13.2. The maximum absolute atomic E-state index is 13.2. The fraction of sp³-hybridized carbons (Fsp3) is 0.364. The van der Waals surface area contributed by atoms with Crippen LogP contribution in [0, 0.1) is 17.1 Å². The molecule has 0 aliphatic rings. The molecule has 15 heavy (non-hydrogen) atoms. The van der Waals surface area contributed by atoms with Crippen LogP contribution in [0.2, 0.25) is 0 Å². The van der Waals surface area contributed by atoms with Gasteiger partial charge in [0.05, 0.1) is 17.7 Å². The third kappa shape index (κ3) is 3.22. The zero-order valence-electron chi connectivity index (χ0n) is 8.40. The highest BCUT2D eigenvalue weighted by molar-refractivity contribution is 5.35. The molecule has 1 N–H and O–H groups in total. The van der Waals surface area contributed by atoms with E-state index in [1.807, 2.05) is 13.0 Å². The molecule has 80 valence electrons. The molecule has 1 aromatic carbocycles. The Bertz CT molecular complexity index is 373. The molecule has 0 aromatic heterocycles. The molecule has 0 spiro atoms. The molecule has 0 saturated heterocycles. The van der Waals surface area contributed by atoms with Gasteiger partial charge in [-0.3, -0.25) is 0 Å². The number of nitriles is 1. The molecular weight excluding hydrogens is 197 g/mol. The van der Waals surface area contributed by atoms with Crippen molar-refractivity contribution in [2.45, 2.75) is 19.4 Å². The SMILES string of the molecule is CCC(O)COc1ccc(C#N)cc1F. The van der Waals surface area contributed by atoms with E-state index >= 15 is 0 Å². The van der Waals surface area contributed by atoms with Crippen LogP contribution >= 0.6 is 0 Å². The minimum Gasteiger partial charge on any atom is -0.488 e. The summed E-state index contributed by atoms with van der Waals surface area (Å²) in [5.41, 5.74) is 0.246. The molecule has 0 saturated carbocycles. The molecule has 0 heterocycles. The van der Waals surface area contributed by atoms with Crippen molar-refractivity contribution in [1.29, 1.82) is 5.26 Å². The monoisotopic (exact) mass is 209 g/mol. The molecule has 1 aromatic rings. The van der Waals surface area contributed by atoms with Crippen LogP contribution < -0.4 is 4.74 Å². The van der Waals surface area contributed by atoms with Gasteiger partial charge in [0.25, 0.3) is 0 Å². The fourth-order valence-electron chi connectivity index (χ4n) is 0.991. The van der Waals surface area contributed by atoms with E-state index in [-0.39, 0.29) is 17.9 Å². The Hall–Kier alpha value is -1.60. The van der Waals surface area contributed by atoms with E-state index in [1.165, 1.54) is 12.1 Å². The summed E-state index contributed by atoms with van der Waals surface area (Å²) in [6.45, 7) is 1.86. The van der Waals surface area contributed by atoms with E-state index in [0.29, 0.717) is 6.42 Å². The minimum absolute atomic E-state index is 0.0549. The molecule has 0 fully saturated rings. The van der Waals surface area contributed by atoms with Gasteiger partial charge in [-0.2, -0.15) is 5.26 Å². The van der Waals surface area contributed by atoms with Crippen LogP contribution in [0.25, 0.3) is 0 Å². The van der Waals surface area contributed by atoms with Gasteiger partial charge in [0.15, 0.2) is 11.6 Å². The number of rotatable bonds is 4. The van der Waals surface area contributed by atoms with Crippen molar-refractivity contribution in [1.82, 2.24) is 0 Å². The normalized spacial score (nSPS) is 11.9. The molecular formula is C11H12FNO2. The van der Waals surface area contributed by atoms with Crippen molar-refractivity contribution >= 4 is 0 Å². The standard InChI is InChI=1S/C11H12FNO2/c1-2-9(14)7-15-11-4-3-8(6-13)5-10(11)12/h3-5,9,14H,2,7H2,1H3. The Morgan fingerprint density at radius 3 is 2.87 bits per heavy atom. The first-order chi connectivity index (χ1) is 7.17. The van der Waals surface area contributed by atoms with Gasteiger partial charge in [0.2, 0.25) is 0 Å². The van der Waals surface area contributed by atoms with Gasteiger partial charge in [0, 0.05) is 0 Å². The smallest absolute Gasteiger partial charge is 0.166 e. The van der Waals surface area contributed by atoms with Crippen LogP contribution in [0.3, 0.4) is 0 Å². The second kappa shape index (κ2) is 5.32. The number of hydrogen-bond donors (Lipinski definition) is 1. The Balaban J connectivity index is 2.67. The van der Waals surface area contributed by atoms with Gasteiger partial charge in [-0.05, 0) is 24.6 Å². The number of ether oxygens (including phenoxy) is 1. The molecule has 1 rings (SSSR count).